The molecule has 0 fully saturated rings. The maximum absolute atomic E-state index is 13.0. The van der Waals surface area contributed by atoms with Gasteiger partial charge in [-0.25, -0.2) is 4.79 Å². The van der Waals surface area contributed by atoms with E-state index in [0.29, 0.717) is 16.8 Å². The molecule has 1 heterocycles. The minimum absolute atomic E-state index is 0.0267. The summed E-state index contributed by atoms with van der Waals surface area (Å²) in [4.78, 5) is 39.2. The normalized spacial score (nSPS) is 16.2. The molecule has 2 N–H and O–H groups in total. The number of ketones is 1. The Morgan fingerprint density at radius 2 is 1.65 bits per heavy atom. The van der Waals surface area contributed by atoms with Gasteiger partial charge in [-0.1, -0.05) is 26.0 Å². The van der Waals surface area contributed by atoms with Crippen molar-refractivity contribution in [3.8, 4) is 5.75 Å². The molecule has 0 bridgehead atoms. The highest BCUT2D eigenvalue weighted by Crippen LogP contribution is 2.42. The van der Waals surface area contributed by atoms with Crippen LogP contribution in [-0.4, -0.2) is 34.5 Å². The van der Waals surface area contributed by atoms with Crippen LogP contribution in [0, 0.1) is 5.92 Å². The SMILES string of the molecule is CCOC(=O)c1ccc(N2C(=O)C(O)=C(C(=O)CC(C)C)C2c2ccc(O)cc2)cc1. The number of hydrogen-bond acceptors (Lipinski definition) is 6. The lowest BCUT2D eigenvalue weighted by molar-refractivity contribution is -0.118. The summed E-state index contributed by atoms with van der Waals surface area (Å²) >= 11 is 0. The fraction of sp³-hybridized carbons (Fsp3) is 0.292. The van der Waals surface area contributed by atoms with Gasteiger partial charge in [0.15, 0.2) is 11.5 Å². The number of phenolic OH excluding ortho intramolecular Hbond substituents is 1. The maximum atomic E-state index is 13.0. The van der Waals surface area contributed by atoms with Gasteiger partial charge in [-0.3, -0.25) is 14.5 Å². The fourth-order valence-electron chi connectivity index (χ4n) is 3.58. The molecule has 1 aliphatic rings. The van der Waals surface area contributed by atoms with Crippen LogP contribution in [0.4, 0.5) is 5.69 Å². The number of ether oxygens (including phenoxy) is 1. The molecule has 3 rings (SSSR count). The van der Waals surface area contributed by atoms with Crippen molar-refractivity contribution in [1.82, 2.24) is 0 Å². The average Bonchev–Trinajstić information content (AvgIpc) is 2.99. The molecule has 0 spiro atoms. The first-order valence-corrected chi connectivity index (χ1v) is 10.1. The quantitative estimate of drug-likeness (QED) is 0.650. The van der Waals surface area contributed by atoms with E-state index in [-0.39, 0.29) is 36.1 Å². The molecule has 7 heteroatoms. The summed E-state index contributed by atoms with van der Waals surface area (Å²) < 4.78 is 4.98. The first-order valence-electron chi connectivity index (χ1n) is 10.1. The van der Waals surface area contributed by atoms with Crippen molar-refractivity contribution in [2.24, 2.45) is 5.92 Å². The zero-order valence-electron chi connectivity index (χ0n) is 17.7. The number of rotatable bonds is 7. The predicted octanol–water partition coefficient (Wildman–Crippen LogP) is 4.08. The lowest BCUT2D eigenvalue weighted by Gasteiger charge is -2.27. The number of aromatic hydroxyl groups is 1. The van der Waals surface area contributed by atoms with Crippen LogP contribution in [0.5, 0.6) is 5.75 Å². The molecule has 2 aromatic rings. The summed E-state index contributed by atoms with van der Waals surface area (Å²) in [5.41, 5.74) is 1.33. The van der Waals surface area contributed by atoms with Gasteiger partial charge in [0.1, 0.15) is 5.75 Å². The van der Waals surface area contributed by atoms with Gasteiger partial charge in [-0.2, -0.15) is 0 Å². The number of amides is 1. The standard InChI is InChI=1S/C24H25NO6/c1-4-31-24(30)16-5-9-17(10-6-16)25-21(15-7-11-18(26)12-8-15)20(22(28)23(25)29)19(27)13-14(2)3/h5-12,14,21,26,28H,4,13H2,1-3H3. The molecule has 1 unspecified atom stereocenters. The van der Waals surface area contributed by atoms with Crippen molar-refractivity contribution in [2.45, 2.75) is 33.2 Å². The average molecular weight is 423 g/mol. The number of carbonyl (C=O) groups is 3. The van der Waals surface area contributed by atoms with Crippen molar-refractivity contribution in [2.75, 3.05) is 11.5 Å². The van der Waals surface area contributed by atoms with E-state index in [4.69, 9.17) is 4.74 Å². The molecule has 162 valence electrons. The van der Waals surface area contributed by atoms with Crippen molar-refractivity contribution in [3.05, 3.63) is 71.0 Å². The first kappa shape index (κ1) is 22.1. The van der Waals surface area contributed by atoms with Crippen LogP contribution in [0.15, 0.2) is 59.9 Å². The topological polar surface area (TPSA) is 104 Å². The molecule has 7 nitrogen and oxygen atoms in total. The lowest BCUT2D eigenvalue weighted by Crippen LogP contribution is -2.31. The molecule has 0 aromatic heterocycles. The zero-order valence-corrected chi connectivity index (χ0v) is 17.7. The third-order valence-corrected chi connectivity index (χ3v) is 4.97. The highest BCUT2D eigenvalue weighted by Gasteiger charge is 2.44. The zero-order chi connectivity index (χ0) is 22.7. The summed E-state index contributed by atoms with van der Waals surface area (Å²) in [6.07, 6.45) is 0.177. The highest BCUT2D eigenvalue weighted by atomic mass is 16.5. The largest absolute Gasteiger partial charge is 0.508 e. The summed E-state index contributed by atoms with van der Waals surface area (Å²) in [5, 5.41) is 20.3. The van der Waals surface area contributed by atoms with E-state index in [0.717, 1.165) is 0 Å². The van der Waals surface area contributed by atoms with E-state index in [1.165, 1.54) is 29.2 Å². The van der Waals surface area contributed by atoms with Crippen LogP contribution in [0.2, 0.25) is 0 Å². The number of benzene rings is 2. The van der Waals surface area contributed by atoms with Gasteiger partial charge in [0.05, 0.1) is 23.8 Å². The van der Waals surface area contributed by atoms with Crippen LogP contribution in [0.1, 0.15) is 49.2 Å². The molecule has 0 radical (unpaired) electrons. The molecule has 31 heavy (non-hydrogen) atoms. The predicted molar refractivity (Wildman–Crippen MR) is 115 cm³/mol. The molecule has 1 atom stereocenters. The molecular formula is C24H25NO6. The van der Waals surface area contributed by atoms with Crippen LogP contribution in [0.25, 0.3) is 0 Å². The Labute approximate surface area is 180 Å². The molecule has 1 aliphatic heterocycles. The monoisotopic (exact) mass is 423 g/mol. The molecule has 1 amide bonds. The minimum atomic E-state index is -0.854. The summed E-state index contributed by atoms with van der Waals surface area (Å²) in [5.74, 6) is -1.99. The molecule has 0 saturated heterocycles. The number of nitrogens with zero attached hydrogens (tertiary/aromatic N) is 1. The number of Topliss-reactive ketones (excluding diaryl/α,β-unsaturated/α-hetero) is 1. The lowest BCUT2D eigenvalue weighted by atomic mass is 9.92. The second kappa shape index (κ2) is 9.04. The van der Waals surface area contributed by atoms with Gasteiger partial charge in [0.2, 0.25) is 0 Å². The molecule has 2 aromatic carbocycles. The second-order valence-electron chi connectivity index (χ2n) is 7.72. The third-order valence-electron chi connectivity index (χ3n) is 4.97. The number of anilines is 1. The number of hydrogen-bond donors (Lipinski definition) is 2. The Kier molecular flexibility index (Phi) is 6.44. The van der Waals surface area contributed by atoms with Gasteiger partial charge in [0.25, 0.3) is 5.91 Å². The summed E-state index contributed by atoms with van der Waals surface area (Å²) in [6, 6.07) is 11.5. The van der Waals surface area contributed by atoms with E-state index in [9.17, 15) is 24.6 Å². The Hall–Kier alpha value is -3.61. The van der Waals surface area contributed by atoms with E-state index < -0.39 is 23.7 Å². The Bertz CT molecular complexity index is 1020. The van der Waals surface area contributed by atoms with Gasteiger partial charge in [-0.15, -0.1) is 0 Å². The highest BCUT2D eigenvalue weighted by molar-refractivity contribution is 6.16. The van der Waals surface area contributed by atoms with E-state index in [1.54, 1.807) is 31.2 Å². The molecular weight excluding hydrogens is 398 g/mol. The van der Waals surface area contributed by atoms with Gasteiger partial charge in [0, 0.05) is 12.1 Å². The number of phenols is 1. The van der Waals surface area contributed by atoms with Gasteiger partial charge < -0.3 is 14.9 Å². The van der Waals surface area contributed by atoms with Crippen molar-refractivity contribution in [3.63, 3.8) is 0 Å². The van der Waals surface area contributed by atoms with E-state index in [2.05, 4.69) is 0 Å². The summed E-state index contributed by atoms with van der Waals surface area (Å²) in [7, 11) is 0. The van der Waals surface area contributed by atoms with Crippen LogP contribution >= 0.6 is 0 Å². The van der Waals surface area contributed by atoms with Crippen LogP contribution < -0.4 is 4.90 Å². The van der Waals surface area contributed by atoms with Gasteiger partial charge in [-0.05, 0) is 54.8 Å². The van der Waals surface area contributed by atoms with Crippen LogP contribution in [-0.2, 0) is 14.3 Å². The van der Waals surface area contributed by atoms with Crippen molar-refractivity contribution >= 4 is 23.3 Å². The number of carbonyl (C=O) groups excluding carboxylic acids is 3. The van der Waals surface area contributed by atoms with Gasteiger partial charge >= 0.3 is 5.97 Å². The Balaban J connectivity index is 2.06. The fourth-order valence-corrected chi connectivity index (χ4v) is 3.58. The first-order chi connectivity index (χ1) is 14.7. The number of aliphatic hydroxyl groups is 1. The Morgan fingerprint density at radius 1 is 1.03 bits per heavy atom. The smallest absolute Gasteiger partial charge is 0.338 e. The summed E-state index contributed by atoms with van der Waals surface area (Å²) in [6.45, 7) is 5.72. The van der Waals surface area contributed by atoms with Crippen molar-refractivity contribution in [1.29, 1.82) is 0 Å². The van der Waals surface area contributed by atoms with E-state index in [1.807, 2.05) is 13.8 Å². The van der Waals surface area contributed by atoms with Crippen molar-refractivity contribution < 1.29 is 29.3 Å². The third kappa shape index (κ3) is 4.45. The maximum Gasteiger partial charge on any atom is 0.338 e. The Morgan fingerprint density at radius 3 is 2.19 bits per heavy atom. The van der Waals surface area contributed by atoms with E-state index >= 15 is 0 Å². The molecule has 0 saturated carbocycles. The second-order valence-corrected chi connectivity index (χ2v) is 7.72. The number of esters is 1. The molecule has 0 aliphatic carbocycles. The number of aliphatic hydroxyl groups excluding tert-OH is 1. The van der Waals surface area contributed by atoms with Crippen LogP contribution in [0.3, 0.4) is 0 Å². The minimum Gasteiger partial charge on any atom is -0.508 e.